The summed E-state index contributed by atoms with van der Waals surface area (Å²) >= 11 is 0. The quantitative estimate of drug-likeness (QED) is 0.863. The van der Waals surface area contributed by atoms with Crippen LogP contribution in [0.15, 0.2) is 6.07 Å². The fourth-order valence-electron chi connectivity index (χ4n) is 2.74. The maximum absolute atomic E-state index is 11.9. The molecule has 0 radical (unpaired) electrons. The molecule has 1 aromatic rings. The van der Waals surface area contributed by atoms with Gasteiger partial charge in [0.2, 0.25) is 0 Å². The molecule has 1 aromatic heterocycles. The Balaban J connectivity index is 1.80. The fraction of sp³-hybridized carbons (Fsp3) is 0.714. The lowest BCUT2D eigenvalue weighted by Gasteiger charge is -2.26. The number of anilines is 1. The molecule has 0 spiro atoms. The second-order valence-corrected chi connectivity index (χ2v) is 5.43. The third-order valence-electron chi connectivity index (χ3n) is 3.87. The molecule has 0 bridgehead atoms. The molecule has 20 heavy (non-hydrogen) atoms. The molecule has 1 aliphatic heterocycles. The van der Waals surface area contributed by atoms with Crippen molar-refractivity contribution < 1.29 is 4.79 Å². The first kappa shape index (κ1) is 14.8. The van der Waals surface area contributed by atoms with E-state index in [4.69, 9.17) is 0 Å². The van der Waals surface area contributed by atoms with Crippen LogP contribution in [0.2, 0.25) is 0 Å². The van der Waals surface area contributed by atoms with Crippen molar-refractivity contribution in [3.63, 3.8) is 0 Å². The van der Waals surface area contributed by atoms with Gasteiger partial charge in [-0.3, -0.25) is 14.9 Å². The van der Waals surface area contributed by atoms with E-state index < -0.39 is 0 Å². The van der Waals surface area contributed by atoms with E-state index in [-0.39, 0.29) is 6.03 Å². The predicted molar refractivity (Wildman–Crippen MR) is 79.9 cm³/mol. The van der Waals surface area contributed by atoms with Gasteiger partial charge in [0.1, 0.15) is 5.82 Å². The molecule has 0 unspecified atom stereocenters. The minimum absolute atomic E-state index is 0.161. The molecule has 0 saturated carbocycles. The van der Waals surface area contributed by atoms with E-state index in [9.17, 15) is 4.79 Å². The standard InChI is InChI=1S/C14H25N5O/c1-4-12(19-7-5-6-8-19)10-15-14(20)16-13-9-11(2)17-18(13)3/h9,12H,4-8,10H2,1-3H3,(H2,15,16,20)/t12-/m1/s1. The molecule has 2 rings (SSSR count). The van der Waals surface area contributed by atoms with Gasteiger partial charge in [0, 0.05) is 25.7 Å². The second-order valence-electron chi connectivity index (χ2n) is 5.43. The monoisotopic (exact) mass is 279 g/mol. The lowest BCUT2D eigenvalue weighted by atomic mass is 10.2. The van der Waals surface area contributed by atoms with Crippen molar-refractivity contribution in [2.75, 3.05) is 25.0 Å². The number of amides is 2. The van der Waals surface area contributed by atoms with E-state index in [0.29, 0.717) is 18.4 Å². The van der Waals surface area contributed by atoms with Gasteiger partial charge in [-0.25, -0.2) is 4.79 Å². The van der Waals surface area contributed by atoms with Crippen LogP contribution in [-0.4, -0.2) is 46.4 Å². The van der Waals surface area contributed by atoms with Gasteiger partial charge < -0.3 is 5.32 Å². The average Bonchev–Trinajstić information content (AvgIpc) is 3.01. The number of aryl methyl sites for hydroxylation is 2. The van der Waals surface area contributed by atoms with Crippen LogP contribution >= 0.6 is 0 Å². The van der Waals surface area contributed by atoms with Crippen molar-refractivity contribution in [1.29, 1.82) is 0 Å². The number of nitrogens with zero attached hydrogens (tertiary/aromatic N) is 3. The SMILES string of the molecule is CC[C@H](CNC(=O)Nc1cc(C)nn1C)N1CCCC1. The van der Waals surface area contributed by atoms with Crippen molar-refractivity contribution in [3.8, 4) is 0 Å². The Labute approximate surface area is 120 Å². The van der Waals surface area contributed by atoms with Crippen LogP contribution in [0.4, 0.5) is 10.6 Å². The molecule has 0 aromatic carbocycles. The third-order valence-corrected chi connectivity index (χ3v) is 3.87. The highest BCUT2D eigenvalue weighted by Crippen LogP contribution is 2.13. The summed E-state index contributed by atoms with van der Waals surface area (Å²) in [5.41, 5.74) is 0.895. The molecule has 112 valence electrons. The second kappa shape index (κ2) is 6.74. The molecule has 6 heteroatoms. The fourth-order valence-corrected chi connectivity index (χ4v) is 2.74. The first-order chi connectivity index (χ1) is 9.60. The van der Waals surface area contributed by atoms with Crippen molar-refractivity contribution >= 4 is 11.8 Å². The lowest BCUT2D eigenvalue weighted by Crippen LogP contribution is -2.43. The minimum atomic E-state index is -0.161. The number of carbonyl (C=O) groups excluding carboxylic acids is 1. The van der Waals surface area contributed by atoms with E-state index in [0.717, 1.165) is 25.2 Å². The highest BCUT2D eigenvalue weighted by Gasteiger charge is 2.20. The van der Waals surface area contributed by atoms with E-state index in [2.05, 4.69) is 27.6 Å². The van der Waals surface area contributed by atoms with E-state index in [1.807, 2.05) is 20.0 Å². The molecule has 0 aliphatic carbocycles. The first-order valence-corrected chi connectivity index (χ1v) is 7.39. The molecule has 1 saturated heterocycles. The number of rotatable bonds is 5. The summed E-state index contributed by atoms with van der Waals surface area (Å²) < 4.78 is 1.67. The number of hydrogen-bond acceptors (Lipinski definition) is 3. The summed E-state index contributed by atoms with van der Waals surface area (Å²) in [5, 5.41) is 10.0. The zero-order chi connectivity index (χ0) is 14.5. The average molecular weight is 279 g/mol. The number of aromatic nitrogens is 2. The first-order valence-electron chi connectivity index (χ1n) is 7.39. The summed E-state index contributed by atoms with van der Waals surface area (Å²) in [5.74, 6) is 0.717. The van der Waals surface area contributed by atoms with Crippen molar-refractivity contribution in [3.05, 3.63) is 11.8 Å². The van der Waals surface area contributed by atoms with Gasteiger partial charge >= 0.3 is 6.03 Å². The number of urea groups is 1. The van der Waals surface area contributed by atoms with Crippen LogP contribution in [0.3, 0.4) is 0 Å². The molecule has 1 fully saturated rings. The van der Waals surface area contributed by atoms with E-state index in [1.54, 1.807) is 4.68 Å². The Bertz CT molecular complexity index is 450. The van der Waals surface area contributed by atoms with Crippen LogP contribution in [0, 0.1) is 6.92 Å². The molecule has 1 aliphatic rings. The minimum Gasteiger partial charge on any atom is -0.336 e. The van der Waals surface area contributed by atoms with Gasteiger partial charge in [-0.2, -0.15) is 5.10 Å². The normalized spacial score (nSPS) is 17.1. The zero-order valence-corrected chi connectivity index (χ0v) is 12.6. The smallest absolute Gasteiger partial charge is 0.320 e. The van der Waals surface area contributed by atoms with Gasteiger partial charge in [-0.1, -0.05) is 6.92 Å². The molecule has 2 N–H and O–H groups in total. The van der Waals surface area contributed by atoms with Crippen molar-refractivity contribution in [2.45, 2.75) is 39.2 Å². The largest absolute Gasteiger partial charge is 0.336 e. The van der Waals surface area contributed by atoms with Gasteiger partial charge in [0.15, 0.2) is 0 Å². The van der Waals surface area contributed by atoms with Gasteiger partial charge in [-0.05, 0) is 39.3 Å². The third kappa shape index (κ3) is 3.72. The summed E-state index contributed by atoms with van der Waals surface area (Å²) in [7, 11) is 1.82. The highest BCUT2D eigenvalue weighted by atomic mass is 16.2. The van der Waals surface area contributed by atoms with E-state index >= 15 is 0 Å². The lowest BCUT2D eigenvalue weighted by molar-refractivity contribution is 0.222. The Kier molecular flexibility index (Phi) is 5.00. The molecule has 2 heterocycles. The maximum atomic E-state index is 11.9. The molecule has 2 amide bonds. The summed E-state index contributed by atoms with van der Waals surface area (Å²) in [6, 6.07) is 2.14. The van der Waals surface area contributed by atoms with Crippen LogP contribution < -0.4 is 10.6 Å². The number of carbonyl (C=O) groups is 1. The Morgan fingerprint density at radius 1 is 1.45 bits per heavy atom. The zero-order valence-electron chi connectivity index (χ0n) is 12.6. The van der Waals surface area contributed by atoms with Gasteiger partial charge in [0.25, 0.3) is 0 Å². The van der Waals surface area contributed by atoms with E-state index in [1.165, 1.54) is 12.8 Å². The Morgan fingerprint density at radius 2 is 2.15 bits per heavy atom. The number of hydrogen-bond donors (Lipinski definition) is 2. The van der Waals surface area contributed by atoms with Gasteiger partial charge in [0.05, 0.1) is 5.69 Å². The van der Waals surface area contributed by atoms with Crippen LogP contribution in [0.5, 0.6) is 0 Å². The summed E-state index contributed by atoms with van der Waals surface area (Å²) in [4.78, 5) is 14.4. The van der Waals surface area contributed by atoms with Crippen molar-refractivity contribution in [1.82, 2.24) is 20.0 Å². The predicted octanol–water partition coefficient (Wildman–Crippen LogP) is 1.72. The molecule has 6 nitrogen and oxygen atoms in total. The summed E-state index contributed by atoms with van der Waals surface area (Å²) in [6.07, 6.45) is 3.61. The molecule has 1 atom stereocenters. The van der Waals surface area contributed by atoms with Gasteiger partial charge in [-0.15, -0.1) is 0 Å². The van der Waals surface area contributed by atoms with Crippen LogP contribution in [0.25, 0.3) is 0 Å². The maximum Gasteiger partial charge on any atom is 0.320 e. The van der Waals surface area contributed by atoms with Crippen molar-refractivity contribution in [2.24, 2.45) is 7.05 Å². The Hall–Kier alpha value is -1.56. The number of likely N-dealkylation sites (tertiary alicyclic amines) is 1. The number of nitrogens with one attached hydrogen (secondary N) is 2. The summed E-state index contributed by atoms with van der Waals surface area (Å²) in [6.45, 7) is 7.08. The van der Waals surface area contributed by atoms with Crippen LogP contribution in [0.1, 0.15) is 31.9 Å². The Morgan fingerprint density at radius 3 is 2.70 bits per heavy atom. The topological polar surface area (TPSA) is 62.2 Å². The molecular weight excluding hydrogens is 254 g/mol. The molecular formula is C14H25N5O. The van der Waals surface area contributed by atoms with Crippen LogP contribution in [-0.2, 0) is 7.05 Å². The highest BCUT2D eigenvalue weighted by molar-refractivity contribution is 5.88.